The van der Waals surface area contributed by atoms with Gasteiger partial charge in [-0.3, -0.25) is 9.59 Å². The molecule has 1 aromatic carbocycles. The maximum absolute atomic E-state index is 13.3. The molecule has 3 aliphatic rings. The second kappa shape index (κ2) is 6.65. The zero-order valence-corrected chi connectivity index (χ0v) is 16.7. The standard InChI is InChI=1S/C23H31NO3/c1-4-24(3)21(26)13-15-12-20-19-7-5-14-11-16(25)6-8-17(14)18(19)9-10-23(20,2)22(15)27/h6,8,11,15,18-20,25H,4-5,7,9-10,12-13H2,1-3H3/t15?,18-,19-,20+,23+/m1/s1. The highest BCUT2D eigenvalue weighted by Crippen LogP contribution is 2.61. The number of rotatable bonds is 3. The van der Waals surface area contributed by atoms with Crippen molar-refractivity contribution < 1.29 is 14.7 Å². The van der Waals surface area contributed by atoms with Crippen LogP contribution >= 0.6 is 0 Å². The molecular formula is C23H31NO3. The van der Waals surface area contributed by atoms with E-state index in [9.17, 15) is 14.7 Å². The van der Waals surface area contributed by atoms with Gasteiger partial charge in [0.2, 0.25) is 5.91 Å². The Bertz CT molecular complexity index is 773. The molecule has 0 bridgehead atoms. The van der Waals surface area contributed by atoms with Crippen LogP contribution in [0.4, 0.5) is 0 Å². The van der Waals surface area contributed by atoms with E-state index >= 15 is 0 Å². The Morgan fingerprint density at radius 2 is 2.11 bits per heavy atom. The summed E-state index contributed by atoms with van der Waals surface area (Å²) in [7, 11) is 1.82. The lowest BCUT2D eigenvalue weighted by Crippen LogP contribution is -2.42. The third-order valence-electron chi connectivity index (χ3n) is 7.89. The Hall–Kier alpha value is -1.84. The molecule has 146 valence electrons. The first-order valence-corrected chi connectivity index (χ1v) is 10.4. The van der Waals surface area contributed by atoms with Gasteiger partial charge in [0.25, 0.3) is 0 Å². The maximum Gasteiger partial charge on any atom is 0.223 e. The van der Waals surface area contributed by atoms with Crippen molar-refractivity contribution in [2.24, 2.45) is 23.2 Å². The summed E-state index contributed by atoms with van der Waals surface area (Å²) in [5.41, 5.74) is 2.40. The number of amides is 1. The number of nitrogens with zero attached hydrogens (tertiary/aromatic N) is 1. The summed E-state index contributed by atoms with van der Waals surface area (Å²) in [6.45, 7) is 4.82. The molecule has 2 saturated carbocycles. The lowest BCUT2D eigenvalue weighted by atomic mass is 9.55. The van der Waals surface area contributed by atoms with E-state index < -0.39 is 0 Å². The fourth-order valence-corrected chi connectivity index (χ4v) is 6.23. The summed E-state index contributed by atoms with van der Waals surface area (Å²) in [6, 6.07) is 5.82. The Kier molecular flexibility index (Phi) is 4.56. The number of carbonyl (C=O) groups excluding carboxylic acids is 2. The molecule has 1 N–H and O–H groups in total. The van der Waals surface area contributed by atoms with Crippen molar-refractivity contribution in [2.45, 2.75) is 58.3 Å². The predicted octanol–water partition coefficient (Wildman–Crippen LogP) is 3.91. The highest BCUT2D eigenvalue weighted by atomic mass is 16.3. The first kappa shape index (κ1) is 18.5. The van der Waals surface area contributed by atoms with Crippen LogP contribution in [0.3, 0.4) is 0 Å². The van der Waals surface area contributed by atoms with Gasteiger partial charge >= 0.3 is 0 Å². The van der Waals surface area contributed by atoms with Crippen LogP contribution in [0.5, 0.6) is 5.75 Å². The molecule has 1 unspecified atom stereocenters. The van der Waals surface area contributed by atoms with Gasteiger partial charge in [0.1, 0.15) is 11.5 Å². The van der Waals surface area contributed by atoms with E-state index in [1.54, 1.807) is 11.0 Å². The molecule has 0 saturated heterocycles. The van der Waals surface area contributed by atoms with Crippen LogP contribution in [0.1, 0.15) is 63.0 Å². The average molecular weight is 370 g/mol. The number of aromatic hydroxyl groups is 1. The second-order valence-electron chi connectivity index (χ2n) is 9.16. The SMILES string of the molecule is CCN(C)C(=O)CC1C[C@H]2[C@@H]3CCc4cc(O)ccc4[C@H]3CC[C@]2(C)C1=O. The van der Waals surface area contributed by atoms with E-state index in [0.717, 1.165) is 32.1 Å². The minimum absolute atomic E-state index is 0.0964. The minimum atomic E-state index is -0.259. The molecule has 1 amide bonds. The fraction of sp³-hybridized carbons (Fsp3) is 0.652. The van der Waals surface area contributed by atoms with Gasteiger partial charge in [-0.25, -0.2) is 0 Å². The Morgan fingerprint density at radius 3 is 2.85 bits per heavy atom. The lowest BCUT2D eigenvalue weighted by Gasteiger charge is -2.48. The van der Waals surface area contributed by atoms with Crippen LogP contribution in [-0.4, -0.2) is 35.3 Å². The van der Waals surface area contributed by atoms with Gasteiger partial charge in [0.05, 0.1) is 0 Å². The van der Waals surface area contributed by atoms with Crippen LogP contribution in [0.25, 0.3) is 0 Å². The van der Waals surface area contributed by atoms with Crippen molar-refractivity contribution in [3.8, 4) is 5.75 Å². The summed E-state index contributed by atoms with van der Waals surface area (Å²) in [5.74, 6) is 2.07. The molecule has 0 aliphatic heterocycles. The van der Waals surface area contributed by atoms with Gasteiger partial charge in [-0.1, -0.05) is 13.0 Å². The lowest BCUT2D eigenvalue weighted by molar-refractivity contribution is -0.137. The van der Waals surface area contributed by atoms with E-state index in [-0.39, 0.29) is 17.2 Å². The quantitative estimate of drug-likeness (QED) is 0.879. The number of benzene rings is 1. The minimum Gasteiger partial charge on any atom is -0.508 e. The molecule has 3 aliphatic carbocycles. The van der Waals surface area contributed by atoms with Crippen LogP contribution in [-0.2, 0) is 16.0 Å². The molecule has 2 fully saturated rings. The molecule has 1 aromatic rings. The van der Waals surface area contributed by atoms with E-state index in [0.29, 0.717) is 42.3 Å². The number of phenols is 1. The number of phenolic OH excluding ortho intramolecular Hbond substituents is 1. The van der Waals surface area contributed by atoms with Crippen LogP contribution in [0, 0.1) is 23.2 Å². The number of ketones is 1. The summed E-state index contributed by atoms with van der Waals surface area (Å²) in [5, 5.41) is 9.81. The van der Waals surface area contributed by atoms with E-state index in [1.807, 2.05) is 20.0 Å². The Morgan fingerprint density at radius 1 is 1.33 bits per heavy atom. The smallest absolute Gasteiger partial charge is 0.223 e. The van der Waals surface area contributed by atoms with Gasteiger partial charge in [0, 0.05) is 31.3 Å². The molecule has 0 radical (unpaired) electrons. The van der Waals surface area contributed by atoms with Gasteiger partial charge < -0.3 is 10.0 Å². The van der Waals surface area contributed by atoms with Crippen LogP contribution in [0.15, 0.2) is 18.2 Å². The zero-order chi connectivity index (χ0) is 19.3. The summed E-state index contributed by atoms with van der Waals surface area (Å²) in [6.07, 6.45) is 5.27. The monoisotopic (exact) mass is 369 g/mol. The fourth-order valence-electron chi connectivity index (χ4n) is 6.23. The molecule has 4 nitrogen and oxygen atoms in total. The molecule has 4 heteroatoms. The molecule has 0 spiro atoms. The first-order chi connectivity index (χ1) is 12.8. The highest BCUT2D eigenvalue weighted by molar-refractivity contribution is 5.93. The third-order valence-corrected chi connectivity index (χ3v) is 7.89. The highest BCUT2D eigenvalue weighted by Gasteiger charge is 2.58. The van der Waals surface area contributed by atoms with Crippen molar-refractivity contribution in [3.05, 3.63) is 29.3 Å². The van der Waals surface area contributed by atoms with Gasteiger partial charge in [0.15, 0.2) is 0 Å². The Balaban J connectivity index is 1.58. The summed E-state index contributed by atoms with van der Waals surface area (Å²) < 4.78 is 0. The number of Topliss-reactive ketones (excluding diaryl/α,β-unsaturated/α-hetero) is 1. The second-order valence-corrected chi connectivity index (χ2v) is 9.16. The van der Waals surface area contributed by atoms with Gasteiger partial charge in [-0.2, -0.15) is 0 Å². The van der Waals surface area contributed by atoms with E-state index in [1.165, 1.54) is 11.1 Å². The zero-order valence-electron chi connectivity index (χ0n) is 16.7. The Labute approximate surface area is 161 Å². The third kappa shape index (κ3) is 2.88. The molecule has 0 aromatic heterocycles. The summed E-state index contributed by atoms with van der Waals surface area (Å²) >= 11 is 0. The predicted molar refractivity (Wildman–Crippen MR) is 105 cm³/mol. The normalized spacial score (nSPS) is 34.6. The molecule has 27 heavy (non-hydrogen) atoms. The molecular weight excluding hydrogens is 338 g/mol. The first-order valence-electron chi connectivity index (χ1n) is 10.4. The van der Waals surface area contributed by atoms with Gasteiger partial charge in [-0.15, -0.1) is 0 Å². The van der Waals surface area contributed by atoms with E-state index in [2.05, 4.69) is 13.0 Å². The van der Waals surface area contributed by atoms with Crippen molar-refractivity contribution in [2.75, 3.05) is 13.6 Å². The maximum atomic E-state index is 13.3. The number of hydrogen-bond acceptors (Lipinski definition) is 3. The largest absolute Gasteiger partial charge is 0.508 e. The molecule has 0 heterocycles. The summed E-state index contributed by atoms with van der Waals surface area (Å²) in [4.78, 5) is 27.4. The van der Waals surface area contributed by atoms with Crippen molar-refractivity contribution >= 4 is 11.7 Å². The average Bonchev–Trinajstić information content (AvgIpc) is 2.91. The van der Waals surface area contributed by atoms with Crippen molar-refractivity contribution in [1.29, 1.82) is 0 Å². The number of carbonyl (C=O) groups is 2. The topological polar surface area (TPSA) is 57.6 Å². The van der Waals surface area contributed by atoms with Gasteiger partial charge in [-0.05, 0) is 80.0 Å². The van der Waals surface area contributed by atoms with Crippen molar-refractivity contribution in [1.82, 2.24) is 4.90 Å². The van der Waals surface area contributed by atoms with Crippen LogP contribution in [0.2, 0.25) is 0 Å². The number of fused-ring (bicyclic) bond motifs is 5. The number of hydrogen-bond donors (Lipinski definition) is 1. The molecule has 5 atom stereocenters. The number of aryl methyl sites for hydroxylation is 1. The molecule has 4 rings (SSSR count). The van der Waals surface area contributed by atoms with E-state index in [4.69, 9.17) is 0 Å². The van der Waals surface area contributed by atoms with Crippen LogP contribution < -0.4 is 0 Å². The van der Waals surface area contributed by atoms with Crippen molar-refractivity contribution in [3.63, 3.8) is 0 Å².